The van der Waals surface area contributed by atoms with Crippen LogP contribution in [-0.4, -0.2) is 13.0 Å². The molecular formula is C15H15N3O2S. The molecule has 6 heteroatoms. The number of nitriles is 1. The van der Waals surface area contributed by atoms with E-state index in [0.717, 1.165) is 10.6 Å². The Kier molecular flexibility index (Phi) is 4.80. The second-order valence-electron chi connectivity index (χ2n) is 4.33. The maximum Gasteiger partial charge on any atom is 0.221 e. The van der Waals surface area contributed by atoms with Gasteiger partial charge in [-0.15, -0.1) is 11.3 Å². The van der Waals surface area contributed by atoms with Crippen LogP contribution < -0.4 is 15.4 Å². The molecule has 1 aromatic carbocycles. The molecule has 0 aliphatic carbocycles. The first-order valence-electron chi connectivity index (χ1n) is 6.30. The zero-order valence-electron chi connectivity index (χ0n) is 11.8. The van der Waals surface area contributed by atoms with E-state index in [-0.39, 0.29) is 5.91 Å². The number of anilines is 2. The van der Waals surface area contributed by atoms with E-state index in [4.69, 9.17) is 10.00 Å². The first-order chi connectivity index (χ1) is 10.1. The van der Waals surface area contributed by atoms with Gasteiger partial charge in [0.25, 0.3) is 0 Å². The summed E-state index contributed by atoms with van der Waals surface area (Å²) in [6.07, 6.45) is 0. The van der Waals surface area contributed by atoms with Gasteiger partial charge >= 0.3 is 0 Å². The van der Waals surface area contributed by atoms with Crippen molar-refractivity contribution in [2.24, 2.45) is 0 Å². The second kappa shape index (κ2) is 6.77. The lowest BCUT2D eigenvalue weighted by Crippen LogP contribution is -2.07. The lowest BCUT2D eigenvalue weighted by molar-refractivity contribution is -0.114. The van der Waals surface area contributed by atoms with Crippen LogP contribution in [0.4, 0.5) is 11.4 Å². The minimum atomic E-state index is -0.122. The van der Waals surface area contributed by atoms with Crippen LogP contribution >= 0.6 is 11.3 Å². The first-order valence-corrected chi connectivity index (χ1v) is 7.12. The van der Waals surface area contributed by atoms with Crippen LogP contribution in [0.2, 0.25) is 0 Å². The van der Waals surface area contributed by atoms with Gasteiger partial charge in [-0.2, -0.15) is 5.26 Å². The Morgan fingerprint density at radius 2 is 2.19 bits per heavy atom. The third-order valence-corrected chi connectivity index (χ3v) is 3.73. The Hall–Kier alpha value is -2.52. The smallest absolute Gasteiger partial charge is 0.221 e. The summed E-state index contributed by atoms with van der Waals surface area (Å²) in [4.78, 5) is 12.8. The van der Waals surface area contributed by atoms with Gasteiger partial charge in [0, 0.05) is 24.0 Å². The molecule has 5 nitrogen and oxygen atoms in total. The monoisotopic (exact) mass is 301 g/mol. The van der Waals surface area contributed by atoms with Crippen LogP contribution in [0.5, 0.6) is 5.75 Å². The number of thiophene rings is 1. The average Bonchev–Trinajstić information content (AvgIpc) is 2.92. The maximum absolute atomic E-state index is 11.1. The zero-order valence-corrected chi connectivity index (χ0v) is 12.6. The SMILES string of the molecule is COc1ccc(NC(C)=O)cc1NCc1ccc(C#N)s1. The summed E-state index contributed by atoms with van der Waals surface area (Å²) in [5.74, 6) is 0.573. The number of amides is 1. The van der Waals surface area contributed by atoms with Crippen LogP contribution in [0.3, 0.4) is 0 Å². The van der Waals surface area contributed by atoms with Crippen molar-refractivity contribution in [3.63, 3.8) is 0 Å². The lowest BCUT2D eigenvalue weighted by atomic mass is 10.2. The Balaban J connectivity index is 2.13. The minimum absolute atomic E-state index is 0.122. The van der Waals surface area contributed by atoms with Gasteiger partial charge in [-0.05, 0) is 30.3 Å². The number of methoxy groups -OCH3 is 1. The van der Waals surface area contributed by atoms with Crippen molar-refractivity contribution < 1.29 is 9.53 Å². The molecule has 2 rings (SSSR count). The lowest BCUT2D eigenvalue weighted by Gasteiger charge is -2.12. The summed E-state index contributed by atoms with van der Waals surface area (Å²) < 4.78 is 5.30. The fourth-order valence-electron chi connectivity index (χ4n) is 1.84. The standard InChI is InChI=1S/C15H15N3O2S/c1-10(19)18-11-3-6-15(20-2)14(7-11)17-9-13-5-4-12(8-16)21-13/h3-7,17H,9H2,1-2H3,(H,18,19). The molecule has 0 saturated carbocycles. The highest BCUT2D eigenvalue weighted by molar-refractivity contribution is 7.12. The Labute approximate surface area is 127 Å². The molecule has 1 aromatic heterocycles. The highest BCUT2D eigenvalue weighted by Crippen LogP contribution is 2.29. The number of carbonyl (C=O) groups is 1. The molecule has 108 valence electrons. The van der Waals surface area contributed by atoms with E-state index in [1.54, 1.807) is 25.3 Å². The molecule has 0 aliphatic rings. The van der Waals surface area contributed by atoms with E-state index in [1.807, 2.05) is 12.1 Å². The Bertz CT molecular complexity index is 688. The normalized spacial score (nSPS) is 9.76. The van der Waals surface area contributed by atoms with E-state index in [1.165, 1.54) is 18.3 Å². The van der Waals surface area contributed by atoms with Gasteiger partial charge < -0.3 is 15.4 Å². The molecule has 0 aliphatic heterocycles. The van der Waals surface area contributed by atoms with Crippen LogP contribution in [0, 0.1) is 11.3 Å². The van der Waals surface area contributed by atoms with Crippen molar-refractivity contribution in [2.75, 3.05) is 17.7 Å². The van der Waals surface area contributed by atoms with Crippen LogP contribution in [0.1, 0.15) is 16.7 Å². The van der Waals surface area contributed by atoms with Gasteiger partial charge in [0.2, 0.25) is 5.91 Å². The number of ether oxygens (including phenoxy) is 1. The van der Waals surface area contributed by atoms with Crippen LogP contribution in [0.15, 0.2) is 30.3 Å². The Morgan fingerprint density at radius 1 is 1.38 bits per heavy atom. The van der Waals surface area contributed by atoms with Crippen molar-refractivity contribution in [2.45, 2.75) is 13.5 Å². The fourth-order valence-corrected chi connectivity index (χ4v) is 2.59. The molecule has 0 unspecified atom stereocenters. The predicted octanol–water partition coefficient (Wildman–Crippen LogP) is 3.20. The third-order valence-electron chi connectivity index (χ3n) is 2.74. The molecule has 0 radical (unpaired) electrons. The van der Waals surface area contributed by atoms with Gasteiger partial charge in [-0.3, -0.25) is 4.79 Å². The first kappa shape index (κ1) is 14.9. The van der Waals surface area contributed by atoms with E-state index in [9.17, 15) is 4.79 Å². The summed E-state index contributed by atoms with van der Waals surface area (Å²) >= 11 is 1.45. The van der Waals surface area contributed by atoms with Crippen molar-refractivity contribution in [3.8, 4) is 11.8 Å². The minimum Gasteiger partial charge on any atom is -0.495 e. The molecule has 21 heavy (non-hydrogen) atoms. The molecule has 0 bridgehead atoms. The van der Waals surface area contributed by atoms with Gasteiger partial charge in [0.1, 0.15) is 16.7 Å². The number of rotatable bonds is 5. The summed E-state index contributed by atoms with van der Waals surface area (Å²) in [5, 5.41) is 14.8. The van der Waals surface area contributed by atoms with Gasteiger partial charge in [-0.1, -0.05) is 0 Å². The summed E-state index contributed by atoms with van der Waals surface area (Å²) in [6.45, 7) is 2.05. The number of hydrogen-bond donors (Lipinski definition) is 2. The van der Waals surface area contributed by atoms with E-state index in [0.29, 0.717) is 22.9 Å². The highest BCUT2D eigenvalue weighted by Gasteiger charge is 2.06. The maximum atomic E-state index is 11.1. The number of hydrogen-bond acceptors (Lipinski definition) is 5. The predicted molar refractivity (Wildman–Crippen MR) is 83.7 cm³/mol. The third kappa shape index (κ3) is 3.97. The fraction of sp³-hybridized carbons (Fsp3) is 0.200. The van der Waals surface area contributed by atoms with E-state index < -0.39 is 0 Å². The molecule has 0 fully saturated rings. The molecule has 2 aromatic rings. The van der Waals surface area contributed by atoms with E-state index in [2.05, 4.69) is 16.7 Å². The molecule has 1 amide bonds. The summed E-state index contributed by atoms with van der Waals surface area (Å²) in [5.41, 5.74) is 1.49. The van der Waals surface area contributed by atoms with Gasteiger partial charge in [0.15, 0.2) is 0 Å². The molecular weight excluding hydrogens is 286 g/mol. The Morgan fingerprint density at radius 3 is 2.81 bits per heavy atom. The number of nitrogens with zero attached hydrogens (tertiary/aromatic N) is 1. The summed E-state index contributed by atoms with van der Waals surface area (Å²) in [7, 11) is 1.59. The van der Waals surface area contributed by atoms with Crippen molar-refractivity contribution in [1.29, 1.82) is 5.26 Å². The molecule has 0 saturated heterocycles. The molecule has 0 atom stereocenters. The molecule has 0 spiro atoms. The van der Waals surface area contributed by atoms with Crippen molar-refractivity contribution in [1.82, 2.24) is 0 Å². The van der Waals surface area contributed by atoms with Gasteiger partial charge in [-0.25, -0.2) is 0 Å². The second-order valence-corrected chi connectivity index (χ2v) is 5.50. The highest BCUT2D eigenvalue weighted by atomic mass is 32.1. The molecule has 1 heterocycles. The largest absolute Gasteiger partial charge is 0.495 e. The van der Waals surface area contributed by atoms with Gasteiger partial charge in [0.05, 0.1) is 12.8 Å². The van der Waals surface area contributed by atoms with E-state index >= 15 is 0 Å². The zero-order chi connectivity index (χ0) is 15.2. The average molecular weight is 301 g/mol. The number of benzene rings is 1. The van der Waals surface area contributed by atoms with Crippen LogP contribution in [0.25, 0.3) is 0 Å². The number of nitrogens with one attached hydrogen (secondary N) is 2. The number of carbonyl (C=O) groups excluding carboxylic acids is 1. The van der Waals surface area contributed by atoms with Crippen molar-refractivity contribution >= 4 is 28.6 Å². The van der Waals surface area contributed by atoms with Crippen LogP contribution in [-0.2, 0) is 11.3 Å². The topological polar surface area (TPSA) is 74.2 Å². The summed E-state index contributed by atoms with van der Waals surface area (Å²) in [6, 6.07) is 11.2. The quantitative estimate of drug-likeness (QED) is 0.889. The van der Waals surface area contributed by atoms with Crippen molar-refractivity contribution in [3.05, 3.63) is 40.1 Å². The molecule has 2 N–H and O–H groups in total.